The van der Waals surface area contributed by atoms with Crippen LogP contribution in [0.5, 0.6) is 0 Å². The molecule has 0 aliphatic carbocycles. The number of aliphatic hydroxyl groups excluding tert-OH is 1. The molecule has 1 unspecified atom stereocenters. The number of ether oxygens (including phenoxy) is 1. The van der Waals surface area contributed by atoms with Crippen LogP contribution >= 0.6 is 0 Å². The lowest BCUT2D eigenvalue weighted by Gasteiger charge is -2.11. The Bertz CT molecular complexity index is 628. The van der Waals surface area contributed by atoms with Gasteiger partial charge < -0.3 is 9.84 Å². The minimum absolute atomic E-state index is 0.00103. The molecule has 0 aromatic carbocycles. The summed E-state index contributed by atoms with van der Waals surface area (Å²) in [6.45, 7) is 0.618. The summed E-state index contributed by atoms with van der Waals surface area (Å²) in [5, 5.41) is 8.67. The third-order valence-electron chi connectivity index (χ3n) is 2.92. The molecule has 1 aliphatic rings. The molecule has 1 aromatic heterocycles. The second-order valence-electron chi connectivity index (χ2n) is 4.72. The van der Waals surface area contributed by atoms with E-state index in [0.717, 1.165) is 12.8 Å². The summed E-state index contributed by atoms with van der Waals surface area (Å²) in [6.07, 6.45) is 3.29. The van der Waals surface area contributed by atoms with Crippen molar-refractivity contribution in [2.75, 3.05) is 23.7 Å². The number of aromatic nitrogens is 1. The molecule has 0 amide bonds. The number of nitrogens with one attached hydrogen (secondary N) is 1. The van der Waals surface area contributed by atoms with Gasteiger partial charge in [-0.15, -0.1) is 0 Å². The maximum atomic E-state index is 12.0. The zero-order valence-corrected chi connectivity index (χ0v) is 12.4. The van der Waals surface area contributed by atoms with Crippen molar-refractivity contribution in [2.45, 2.75) is 25.4 Å². The Kier molecular flexibility index (Phi) is 5.56. The molecule has 1 aliphatic heterocycles. The third kappa shape index (κ3) is 5.34. The van der Waals surface area contributed by atoms with Crippen LogP contribution in [-0.4, -0.2) is 43.6 Å². The van der Waals surface area contributed by atoms with Crippen LogP contribution in [0.2, 0.25) is 0 Å². The minimum Gasteiger partial charge on any atom is -0.395 e. The molecule has 1 atom stereocenters. The van der Waals surface area contributed by atoms with E-state index in [0.29, 0.717) is 18.6 Å². The summed E-state index contributed by atoms with van der Waals surface area (Å²) in [6, 6.07) is 3.25. The molecule has 0 saturated carbocycles. The van der Waals surface area contributed by atoms with Gasteiger partial charge in [-0.1, -0.05) is 11.8 Å². The van der Waals surface area contributed by atoms with Gasteiger partial charge in [0.15, 0.2) is 0 Å². The normalized spacial score (nSPS) is 18.0. The van der Waals surface area contributed by atoms with Crippen LogP contribution in [0.3, 0.4) is 0 Å². The number of anilines is 1. The fourth-order valence-electron chi connectivity index (χ4n) is 2.01. The summed E-state index contributed by atoms with van der Waals surface area (Å²) >= 11 is 0. The van der Waals surface area contributed by atoms with Crippen LogP contribution in [0.25, 0.3) is 0 Å². The van der Waals surface area contributed by atoms with Crippen molar-refractivity contribution in [2.24, 2.45) is 0 Å². The van der Waals surface area contributed by atoms with Crippen LogP contribution in [0.1, 0.15) is 24.8 Å². The highest BCUT2D eigenvalue weighted by atomic mass is 32.2. The van der Waals surface area contributed by atoms with E-state index < -0.39 is 10.0 Å². The Morgan fingerprint density at radius 2 is 2.38 bits per heavy atom. The number of rotatable bonds is 5. The summed E-state index contributed by atoms with van der Waals surface area (Å²) < 4.78 is 31.8. The molecule has 2 N–H and O–H groups in total. The lowest BCUT2D eigenvalue weighted by Crippen LogP contribution is -2.26. The molecular formula is C14H18N2O4S. The van der Waals surface area contributed by atoms with Crippen LogP contribution in [0.4, 0.5) is 5.82 Å². The predicted octanol–water partition coefficient (Wildman–Crippen LogP) is 0.736. The highest BCUT2D eigenvalue weighted by molar-refractivity contribution is 7.92. The number of hydrogen-bond acceptors (Lipinski definition) is 5. The molecule has 2 rings (SSSR count). The average Bonchev–Trinajstić information content (AvgIpc) is 2.91. The molecule has 0 spiro atoms. The van der Waals surface area contributed by atoms with Gasteiger partial charge >= 0.3 is 0 Å². The first-order valence-electron chi connectivity index (χ1n) is 6.77. The molecule has 0 radical (unpaired) electrons. The average molecular weight is 310 g/mol. The van der Waals surface area contributed by atoms with Crippen LogP contribution < -0.4 is 4.72 Å². The van der Waals surface area contributed by atoms with E-state index in [9.17, 15) is 8.42 Å². The van der Waals surface area contributed by atoms with Gasteiger partial charge in [0, 0.05) is 24.8 Å². The number of nitrogens with zero attached hydrogens (tertiary/aromatic N) is 1. The van der Waals surface area contributed by atoms with Crippen molar-refractivity contribution < 1.29 is 18.3 Å². The number of sulfonamides is 1. The van der Waals surface area contributed by atoms with Crippen LogP contribution in [0.15, 0.2) is 18.3 Å². The molecule has 114 valence electrons. The SMILES string of the molecule is O=S(=O)(CC1CCCO1)Nc1cc(C#CCCO)ccn1. The predicted molar refractivity (Wildman–Crippen MR) is 79.2 cm³/mol. The topological polar surface area (TPSA) is 88.5 Å². The van der Waals surface area contributed by atoms with Gasteiger partial charge in [0.25, 0.3) is 0 Å². The molecule has 7 heteroatoms. The smallest absolute Gasteiger partial charge is 0.236 e. The highest BCUT2D eigenvalue weighted by Gasteiger charge is 2.23. The molecule has 1 aromatic rings. The second kappa shape index (κ2) is 7.41. The van der Waals surface area contributed by atoms with E-state index in [1.165, 1.54) is 6.20 Å². The van der Waals surface area contributed by atoms with E-state index >= 15 is 0 Å². The van der Waals surface area contributed by atoms with E-state index in [2.05, 4.69) is 21.5 Å². The zero-order chi connectivity index (χ0) is 15.1. The number of hydrogen-bond donors (Lipinski definition) is 2. The maximum Gasteiger partial charge on any atom is 0.236 e. The molecule has 1 fully saturated rings. The zero-order valence-electron chi connectivity index (χ0n) is 11.6. The van der Waals surface area contributed by atoms with E-state index in [1.54, 1.807) is 12.1 Å². The molecule has 1 saturated heterocycles. The minimum atomic E-state index is -3.49. The van der Waals surface area contributed by atoms with Crippen molar-refractivity contribution >= 4 is 15.8 Å². The number of aliphatic hydroxyl groups is 1. The lowest BCUT2D eigenvalue weighted by atomic mass is 10.2. The molecule has 0 bridgehead atoms. The Hall–Kier alpha value is -1.62. The largest absolute Gasteiger partial charge is 0.395 e. The van der Waals surface area contributed by atoms with Crippen molar-refractivity contribution in [1.29, 1.82) is 0 Å². The van der Waals surface area contributed by atoms with Gasteiger partial charge in [-0.3, -0.25) is 4.72 Å². The summed E-state index contributed by atoms with van der Waals surface area (Å²) in [4.78, 5) is 3.98. The first-order chi connectivity index (χ1) is 10.1. The standard InChI is InChI=1S/C14H18N2O4S/c17-8-2-1-4-12-6-7-15-14(10-12)16-21(18,19)11-13-5-3-9-20-13/h6-7,10,13,17H,2-3,5,8-9,11H2,(H,15,16). The Balaban J connectivity index is 2.01. The van der Waals surface area contributed by atoms with Gasteiger partial charge in [-0.05, 0) is 25.0 Å². The van der Waals surface area contributed by atoms with Crippen molar-refractivity contribution in [3.63, 3.8) is 0 Å². The summed E-state index contributed by atoms with van der Waals surface area (Å²) in [5.74, 6) is 5.79. The first-order valence-corrected chi connectivity index (χ1v) is 8.42. The second-order valence-corrected chi connectivity index (χ2v) is 6.49. The lowest BCUT2D eigenvalue weighted by molar-refractivity contribution is 0.127. The number of pyridine rings is 1. The summed E-state index contributed by atoms with van der Waals surface area (Å²) in [5.41, 5.74) is 0.647. The third-order valence-corrected chi connectivity index (χ3v) is 4.25. The van der Waals surface area contributed by atoms with Gasteiger partial charge in [0.1, 0.15) is 5.82 Å². The van der Waals surface area contributed by atoms with E-state index in [1.807, 2.05) is 0 Å². The molecule has 21 heavy (non-hydrogen) atoms. The first kappa shape index (κ1) is 15.8. The van der Waals surface area contributed by atoms with Crippen molar-refractivity contribution in [1.82, 2.24) is 4.98 Å². The molecular weight excluding hydrogens is 292 g/mol. The van der Waals surface area contributed by atoms with Crippen molar-refractivity contribution in [3.05, 3.63) is 23.9 Å². The van der Waals surface area contributed by atoms with E-state index in [4.69, 9.17) is 9.84 Å². The van der Waals surface area contributed by atoms with E-state index in [-0.39, 0.29) is 24.3 Å². The fraction of sp³-hybridized carbons (Fsp3) is 0.500. The Morgan fingerprint density at radius 3 is 3.10 bits per heavy atom. The monoisotopic (exact) mass is 310 g/mol. The van der Waals surface area contributed by atoms with Gasteiger partial charge in [0.2, 0.25) is 10.0 Å². The maximum absolute atomic E-state index is 12.0. The van der Waals surface area contributed by atoms with Gasteiger partial charge in [-0.25, -0.2) is 13.4 Å². The van der Waals surface area contributed by atoms with Gasteiger partial charge in [-0.2, -0.15) is 0 Å². The Morgan fingerprint density at radius 1 is 1.52 bits per heavy atom. The fourth-order valence-corrected chi connectivity index (χ4v) is 3.27. The quantitative estimate of drug-likeness (QED) is 0.783. The van der Waals surface area contributed by atoms with Crippen LogP contribution in [-0.2, 0) is 14.8 Å². The molecule has 2 heterocycles. The van der Waals surface area contributed by atoms with Crippen molar-refractivity contribution in [3.8, 4) is 11.8 Å². The highest BCUT2D eigenvalue weighted by Crippen LogP contribution is 2.15. The Labute approximate surface area is 124 Å². The summed E-state index contributed by atoms with van der Waals surface area (Å²) in [7, 11) is -3.49. The molecule has 6 nitrogen and oxygen atoms in total. The van der Waals surface area contributed by atoms with Gasteiger partial charge in [0.05, 0.1) is 18.5 Å². The van der Waals surface area contributed by atoms with Crippen LogP contribution in [0, 0.1) is 11.8 Å².